The van der Waals surface area contributed by atoms with E-state index in [0.29, 0.717) is 0 Å². The minimum absolute atomic E-state index is 0.939. The molecule has 17 heavy (non-hydrogen) atoms. The van der Waals surface area contributed by atoms with Gasteiger partial charge in [0.1, 0.15) is 6.69 Å². The van der Waals surface area contributed by atoms with E-state index < -0.39 is 6.69 Å². The maximum absolute atomic E-state index is 3.84. The highest BCUT2D eigenvalue weighted by molar-refractivity contribution is 9.26. The first kappa shape index (κ1) is 17.7. The Hall–Kier alpha value is 0.697. The molecular formula is C15H33BrSi. The van der Waals surface area contributed by atoms with Crippen LogP contribution in [0.15, 0.2) is 0 Å². The van der Waals surface area contributed by atoms with E-state index in [4.69, 9.17) is 0 Å². The maximum atomic E-state index is 3.84. The molecule has 0 rings (SSSR count). The van der Waals surface area contributed by atoms with Gasteiger partial charge in [-0.05, 0) is 6.04 Å². The van der Waals surface area contributed by atoms with Gasteiger partial charge in [0.2, 0.25) is 0 Å². The molecule has 0 amide bonds. The van der Waals surface area contributed by atoms with Crippen LogP contribution in [0, 0.1) is 0 Å². The van der Waals surface area contributed by atoms with Crippen LogP contribution in [0.3, 0.4) is 0 Å². The highest BCUT2D eigenvalue weighted by Gasteiger charge is 2.14. The standard InChI is InChI=1S/C15H33BrSi/c1-4-5-6-7-8-9-10-11-12-13-14-15-17(2,3)16/h4-15H2,1-3H3. The highest BCUT2D eigenvalue weighted by Crippen LogP contribution is 2.21. The van der Waals surface area contributed by atoms with Gasteiger partial charge in [0, 0.05) is 0 Å². The Morgan fingerprint density at radius 2 is 1.00 bits per heavy atom. The van der Waals surface area contributed by atoms with Crippen molar-refractivity contribution in [2.45, 2.75) is 96.7 Å². The third kappa shape index (κ3) is 16.7. The van der Waals surface area contributed by atoms with Crippen LogP contribution in [0.25, 0.3) is 0 Å². The van der Waals surface area contributed by atoms with Crippen molar-refractivity contribution in [3.8, 4) is 0 Å². The van der Waals surface area contributed by atoms with Crippen LogP contribution in [0.5, 0.6) is 0 Å². The van der Waals surface area contributed by atoms with Crippen molar-refractivity contribution < 1.29 is 0 Å². The Balaban J connectivity index is 2.99. The molecule has 0 aliphatic carbocycles. The van der Waals surface area contributed by atoms with Crippen LogP contribution in [0.1, 0.15) is 77.6 Å². The second-order valence-electron chi connectivity index (χ2n) is 6.00. The Bertz CT molecular complexity index is 151. The SMILES string of the molecule is CCCCCCCCCCCCC[Si](C)(C)Br. The van der Waals surface area contributed by atoms with E-state index in [-0.39, 0.29) is 0 Å². The summed E-state index contributed by atoms with van der Waals surface area (Å²) < 4.78 is 0. The lowest BCUT2D eigenvalue weighted by Crippen LogP contribution is -2.13. The molecule has 0 saturated heterocycles. The van der Waals surface area contributed by atoms with Crippen LogP contribution < -0.4 is 0 Å². The zero-order valence-corrected chi connectivity index (χ0v) is 14.9. The van der Waals surface area contributed by atoms with Gasteiger partial charge in [0.25, 0.3) is 0 Å². The fourth-order valence-electron chi connectivity index (χ4n) is 2.21. The molecule has 0 N–H and O–H groups in total. The predicted molar refractivity (Wildman–Crippen MR) is 87.7 cm³/mol. The van der Waals surface area contributed by atoms with E-state index in [2.05, 4.69) is 35.3 Å². The van der Waals surface area contributed by atoms with Gasteiger partial charge in [-0.1, -0.05) is 90.6 Å². The minimum atomic E-state index is -0.939. The molecule has 0 saturated carbocycles. The van der Waals surface area contributed by atoms with Crippen LogP contribution in [-0.4, -0.2) is 6.69 Å². The molecule has 0 aliphatic rings. The van der Waals surface area contributed by atoms with Gasteiger partial charge in [-0.15, -0.1) is 15.3 Å². The van der Waals surface area contributed by atoms with Crippen molar-refractivity contribution in [3.63, 3.8) is 0 Å². The second kappa shape index (κ2) is 11.8. The van der Waals surface area contributed by atoms with E-state index in [1.807, 2.05) is 0 Å². The molecule has 0 nitrogen and oxygen atoms in total. The molecule has 0 aromatic heterocycles. The first-order valence-corrected chi connectivity index (χ1v) is 13.2. The van der Waals surface area contributed by atoms with Gasteiger partial charge in [-0.25, -0.2) is 0 Å². The molecule has 0 aromatic rings. The molecule has 0 bridgehead atoms. The second-order valence-corrected chi connectivity index (χ2v) is 16.4. The smallest absolute Gasteiger partial charge is 0.124 e. The topological polar surface area (TPSA) is 0 Å². The predicted octanol–water partition coefficient (Wildman–Crippen LogP) is 6.90. The van der Waals surface area contributed by atoms with Crippen molar-refractivity contribution in [2.24, 2.45) is 0 Å². The van der Waals surface area contributed by atoms with Crippen molar-refractivity contribution in [3.05, 3.63) is 0 Å². The fraction of sp³-hybridized carbons (Fsp3) is 1.00. The summed E-state index contributed by atoms with van der Waals surface area (Å²) in [4.78, 5) is 0. The Labute approximate surface area is 119 Å². The zero-order valence-electron chi connectivity index (χ0n) is 12.4. The molecule has 0 aromatic carbocycles. The molecule has 0 radical (unpaired) electrons. The van der Waals surface area contributed by atoms with E-state index in [1.165, 1.54) is 76.7 Å². The van der Waals surface area contributed by atoms with E-state index in [9.17, 15) is 0 Å². The Morgan fingerprint density at radius 1 is 0.647 bits per heavy atom. The van der Waals surface area contributed by atoms with Crippen LogP contribution in [0.2, 0.25) is 19.1 Å². The first-order valence-electron chi connectivity index (χ1n) is 7.75. The van der Waals surface area contributed by atoms with E-state index in [0.717, 1.165) is 0 Å². The quantitative estimate of drug-likeness (QED) is 0.208. The summed E-state index contributed by atoms with van der Waals surface area (Å²) in [6, 6.07) is 1.45. The summed E-state index contributed by atoms with van der Waals surface area (Å²) in [6.07, 6.45) is 16.0. The molecule has 0 aliphatic heterocycles. The number of hydrogen-bond acceptors (Lipinski definition) is 0. The normalized spacial score (nSPS) is 12.0. The zero-order chi connectivity index (χ0) is 13.0. The molecule has 0 fully saturated rings. The molecule has 0 unspecified atom stereocenters. The number of hydrogen-bond donors (Lipinski definition) is 0. The molecule has 104 valence electrons. The summed E-state index contributed by atoms with van der Waals surface area (Å²) >= 11 is 3.84. The molecule has 0 heterocycles. The van der Waals surface area contributed by atoms with Crippen LogP contribution in [0.4, 0.5) is 0 Å². The highest BCUT2D eigenvalue weighted by atomic mass is 79.9. The van der Waals surface area contributed by atoms with E-state index in [1.54, 1.807) is 0 Å². The molecule has 0 spiro atoms. The van der Waals surface area contributed by atoms with Crippen molar-refractivity contribution >= 4 is 22.0 Å². The summed E-state index contributed by atoms with van der Waals surface area (Å²) in [6.45, 7) is 6.16. The summed E-state index contributed by atoms with van der Waals surface area (Å²) in [5, 5.41) is 0. The lowest BCUT2D eigenvalue weighted by Gasteiger charge is -2.12. The van der Waals surface area contributed by atoms with Crippen LogP contribution >= 0.6 is 15.3 Å². The minimum Gasteiger partial charge on any atom is -0.127 e. The Kier molecular flexibility index (Phi) is 12.3. The fourth-order valence-corrected chi connectivity index (χ4v) is 4.14. The first-order chi connectivity index (χ1) is 8.06. The summed E-state index contributed by atoms with van der Waals surface area (Å²) in [5.41, 5.74) is 0. The number of unbranched alkanes of at least 4 members (excludes halogenated alkanes) is 10. The van der Waals surface area contributed by atoms with Gasteiger partial charge in [-0.2, -0.15) is 0 Å². The Morgan fingerprint density at radius 3 is 1.35 bits per heavy atom. The van der Waals surface area contributed by atoms with Gasteiger partial charge in [0.05, 0.1) is 0 Å². The van der Waals surface area contributed by atoms with Crippen molar-refractivity contribution in [1.82, 2.24) is 0 Å². The van der Waals surface area contributed by atoms with Gasteiger partial charge in [0.15, 0.2) is 0 Å². The third-order valence-corrected chi connectivity index (χ3v) is 6.11. The average molecular weight is 321 g/mol. The lowest BCUT2D eigenvalue weighted by molar-refractivity contribution is 0.554. The summed E-state index contributed by atoms with van der Waals surface area (Å²) in [5.74, 6) is 0. The van der Waals surface area contributed by atoms with Crippen molar-refractivity contribution in [2.75, 3.05) is 0 Å². The van der Waals surface area contributed by atoms with Gasteiger partial charge in [-0.3, -0.25) is 0 Å². The molecule has 2 heteroatoms. The van der Waals surface area contributed by atoms with E-state index >= 15 is 0 Å². The summed E-state index contributed by atoms with van der Waals surface area (Å²) in [7, 11) is 0. The molecular weight excluding hydrogens is 288 g/mol. The average Bonchev–Trinajstić information content (AvgIpc) is 2.24. The largest absolute Gasteiger partial charge is 0.127 e. The van der Waals surface area contributed by atoms with Gasteiger partial charge >= 0.3 is 0 Å². The van der Waals surface area contributed by atoms with Crippen LogP contribution in [-0.2, 0) is 0 Å². The number of halogens is 1. The van der Waals surface area contributed by atoms with Gasteiger partial charge < -0.3 is 0 Å². The third-order valence-electron chi connectivity index (χ3n) is 3.37. The lowest BCUT2D eigenvalue weighted by atomic mass is 10.1. The monoisotopic (exact) mass is 320 g/mol. The number of rotatable bonds is 12. The molecule has 0 atom stereocenters. The van der Waals surface area contributed by atoms with Crippen molar-refractivity contribution in [1.29, 1.82) is 0 Å². The maximum Gasteiger partial charge on any atom is 0.124 e.